The molecule has 208 valence electrons. The molecule has 3 aromatic rings. The third-order valence-electron chi connectivity index (χ3n) is 7.84. The number of esters is 1. The molecule has 1 saturated carbocycles. The first-order valence-electron chi connectivity index (χ1n) is 13.0. The molecule has 1 saturated heterocycles. The number of amides is 2. The number of carbonyl (C=O) groups is 3. The molecule has 5 rings (SSSR count). The number of piperidine rings is 1. The van der Waals surface area contributed by atoms with Crippen LogP contribution in [0.15, 0.2) is 54.6 Å². The lowest BCUT2D eigenvalue weighted by molar-refractivity contribution is -0.123. The fourth-order valence-corrected chi connectivity index (χ4v) is 5.64. The van der Waals surface area contributed by atoms with Gasteiger partial charge in [0.15, 0.2) is 0 Å². The van der Waals surface area contributed by atoms with Crippen molar-refractivity contribution in [3.63, 3.8) is 0 Å². The molecule has 2 amide bonds. The quantitative estimate of drug-likeness (QED) is 0.449. The smallest absolute Gasteiger partial charge is 0.337 e. The maximum atomic E-state index is 14.4. The standard InChI is InChI=1S/C30H28F3N3O4/c1-40-29(39)19-7-5-18(6-8-19)15-25(37)34-20-16-30(17-20)11-13-36(14-12-30)28(38)24-10-9-23(33)27(35-24)26-21(31)3-2-4-22(26)32/h2-10,20H,11-17H2,1H3,(H,34,37). The third kappa shape index (κ3) is 5.57. The van der Waals surface area contributed by atoms with Gasteiger partial charge in [-0.3, -0.25) is 9.59 Å². The molecule has 0 unspecified atom stereocenters. The predicted molar refractivity (Wildman–Crippen MR) is 140 cm³/mol. The molecule has 2 heterocycles. The maximum Gasteiger partial charge on any atom is 0.337 e. The minimum Gasteiger partial charge on any atom is -0.465 e. The first kappa shape index (κ1) is 27.4. The summed E-state index contributed by atoms with van der Waals surface area (Å²) in [5.41, 5.74) is 0.0378. The number of hydrogen-bond acceptors (Lipinski definition) is 5. The monoisotopic (exact) mass is 551 g/mol. The molecule has 0 radical (unpaired) electrons. The number of nitrogens with one attached hydrogen (secondary N) is 1. The Morgan fingerprint density at radius 2 is 1.60 bits per heavy atom. The summed E-state index contributed by atoms with van der Waals surface area (Å²) in [5.74, 6) is -3.78. The number of ether oxygens (including phenoxy) is 1. The fraction of sp³-hybridized carbons (Fsp3) is 0.333. The minimum absolute atomic E-state index is 0.0363. The first-order valence-corrected chi connectivity index (χ1v) is 13.0. The number of benzene rings is 2. The van der Waals surface area contributed by atoms with E-state index in [1.54, 1.807) is 29.2 Å². The molecular formula is C30H28F3N3O4. The van der Waals surface area contributed by atoms with Crippen LogP contribution in [0.2, 0.25) is 0 Å². The number of halogens is 3. The van der Waals surface area contributed by atoms with Gasteiger partial charge in [-0.1, -0.05) is 18.2 Å². The summed E-state index contributed by atoms with van der Waals surface area (Å²) in [6, 6.07) is 12.2. The number of pyridine rings is 1. The molecule has 1 aromatic heterocycles. The van der Waals surface area contributed by atoms with E-state index in [0.717, 1.165) is 49.4 Å². The van der Waals surface area contributed by atoms with E-state index in [1.165, 1.54) is 19.2 Å². The van der Waals surface area contributed by atoms with E-state index in [9.17, 15) is 27.6 Å². The van der Waals surface area contributed by atoms with E-state index < -0.39 is 40.6 Å². The summed E-state index contributed by atoms with van der Waals surface area (Å²) in [6.45, 7) is 0.934. The SMILES string of the molecule is COC(=O)c1ccc(CC(=O)NC2CC3(CCN(C(=O)c4ccc(F)c(-c5c(F)cccc5F)n4)CC3)C2)cc1. The Balaban J connectivity index is 1.13. The Kier molecular flexibility index (Phi) is 7.60. The van der Waals surface area contributed by atoms with Gasteiger partial charge in [0, 0.05) is 19.1 Å². The van der Waals surface area contributed by atoms with Gasteiger partial charge in [-0.15, -0.1) is 0 Å². The number of nitrogens with zero attached hydrogens (tertiary/aromatic N) is 2. The molecule has 0 atom stereocenters. The van der Waals surface area contributed by atoms with Gasteiger partial charge in [0.1, 0.15) is 28.8 Å². The second-order valence-corrected chi connectivity index (χ2v) is 10.5. The topological polar surface area (TPSA) is 88.6 Å². The molecule has 40 heavy (non-hydrogen) atoms. The molecule has 1 N–H and O–H groups in total. The molecule has 2 aromatic carbocycles. The van der Waals surface area contributed by atoms with E-state index >= 15 is 0 Å². The van der Waals surface area contributed by atoms with Crippen LogP contribution in [0.25, 0.3) is 11.3 Å². The van der Waals surface area contributed by atoms with E-state index in [4.69, 9.17) is 0 Å². The number of aromatic nitrogens is 1. The van der Waals surface area contributed by atoms with Crippen molar-refractivity contribution in [3.05, 3.63) is 88.9 Å². The van der Waals surface area contributed by atoms with Crippen molar-refractivity contribution in [2.75, 3.05) is 20.2 Å². The minimum atomic E-state index is -0.959. The highest BCUT2D eigenvalue weighted by Crippen LogP contribution is 2.49. The molecule has 2 fully saturated rings. The zero-order chi connectivity index (χ0) is 28.4. The van der Waals surface area contributed by atoms with Crippen LogP contribution in [0.4, 0.5) is 13.2 Å². The summed E-state index contributed by atoms with van der Waals surface area (Å²) >= 11 is 0. The van der Waals surface area contributed by atoms with Crippen LogP contribution >= 0.6 is 0 Å². The lowest BCUT2D eigenvalue weighted by Gasteiger charge is -2.52. The Morgan fingerprint density at radius 3 is 2.23 bits per heavy atom. The molecular weight excluding hydrogens is 523 g/mol. The molecule has 10 heteroatoms. The average molecular weight is 552 g/mol. The average Bonchev–Trinajstić information content (AvgIpc) is 2.93. The Hall–Kier alpha value is -4.21. The van der Waals surface area contributed by atoms with Crippen LogP contribution < -0.4 is 5.32 Å². The summed E-state index contributed by atoms with van der Waals surface area (Å²) in [5, 5.41) is 3.06. The van der Waals surface area contributed by atoms with Crippen molar-refractivity contribution < 1.29 is 32.3 Å². The molecule has 1 spiro atoms. The second kappa shape index (κ2) is 11.1. The second-order valence-electron chi connectivity index (χ2n) is 10.5. The molecule has 1 aliphatic heterocycles. The van der Waals surface area contributed by atoms with Gasteiger partial charge in [0.05, 0.1) is 24.7 Å². The predicted octanol–water partition coefficient (Wildman–Crippen LogP) is 4.70. The largest absolute Gasteiger partial charge is 0.465 e. The Labute approximate surface area is 229 Å². The highest BCUT2D eigenvalue weighted by Gasteiger charge is 2.47. The van der Waals surface area contributed by atoms with Crippen LogP contribution in [0.3, 0.4) is 0 Å². The first-order chi connectivity index (χ1) is 19.2. The van der Waals surface area contributed by atoms with Gasteiger partial charge < -0.3 is 15.0 Å². The van der Waals surface area contributed by atoms with Crippen molar-refractivity contribution in [1.82, 2.24) is 15.2 Å². The highest BCUT2D eigenvalue weighted by atomic mass is 19.1. The van der Waals surface area contributed by atoms with E-state index in [1.807, 2.05) is 0 Å². The van der Waals surface area contributed by atoms with E-state index in [2.05, 4.69) is 15.0 Å². The zero-order valence-corrected chi connectivity index (χ0v) is 21.9. The number of methoxy groups -OCH3 is 1. The maximum absolute atomic E-state index is 14.4. The number of hydrogen-bond donors (Lipinski definition) is 1. The highest BCUT2D eigenvalue weighted by molar-refractivity contribution is 5.93. The molecule has 0 bridgehead atoms. The Bertz CT molecular complexity index is 1420. The number of rotatable bonds is 6. The fourth-order valence-electron chi connectivity index (χ4n) is 5.64. The number of likely N-dealkylation sites (tertiary alicyclic amines) is 1. The molecule has 1 aliphatic carbocycles. The number of carbonyl (C=O) groups excluding carboxylic acids is 3. The lowest BCUT2D eigenvalue weighted by atomic mass is 9.60. The van der Waals surface area contributed by atoms with Crippen molar-refractivity contribution >= 4 is 17.8 Å². The zero-order valence-electron chi connectivity index (χ0n) is 21.9. The van der Waals surface area contributed by atoms with E-state index in [-0.39, 0.29) is 29.5 Å². The summed E-state index contributed by atoms with van der Waals surface area (Å²) in [4.78, 5) is 42.8. The van der Waals surface area contributed by atoms with Crippen LogP contribution in [0, 0.1) is 22.9 Å². The summed E-state index contributed by atoms with van der Waals surface area (Å²) in [6.07, 6.45) is 3.32. The summed E-state index contributed by atoms with van der Waals surface area (Å²) in [7, 11) is 1.31. The van der Waals surface area contributed by atoms with Crippen LogP contribution in [-0.2, 0) is 16.0 Å². The van der Waals surface area contributed by atoms with Crippen LogP contribution in [-0.4, -0.2) is 53.9 Å². The van der Waals surface area contributed by atoms with Gasteiger partial charge >= 0.3 is 5.97 Å². The summed E-state index contributed by atoms with van der Waals surface area (Å²) < 4.78 is 47.5. The van der Waals surface area contributed by atoms with Crippen LogP contribution in [0.1, 0.15) is 52.1 Å². The van der Waals surface area contributed by atoms with Crippen molar-refractivity contribution in [2.45, 2.75) is 38.1 Å². The van der Waals surface area contributed by atoms with E-state index in [0.29, 0.717) is 18.7 Å². The molecule has 7 nitrogen and oxygen atoms in total. The third-order valence-corrected chi connectivity index (χ3v) is 7.84. The van der Waals surface area contributed by atoms with Crippen molar-refractivity contribution in [1.29, 1.82) is 0 Å². The van der Waals surface area contributed by atoms with Crippen molar-refractivity contribution in [3.8, 4) is 11.3 Å². The lowest BCUT2D eigenvalue weighted by Crippen LogP contribution is -2.55. The van der Waals surface area contributed by atoms with Gasteiger partial charge in [-0.05, 0) is 73.1 Å². The Morgan fingerprint density at radius 1 is 0.950 bits per heavy atom. The van der Waals surface area contributed by atoms with Gasteiger partial charge in [-0.2, -0.15) is 0 Å². The van der Waals surface area contributed by atoms with Gasteiger partial charge in [0.25, 0.3) is 5.91 Å². The van der Waals surface area contributed by atoms with Crippen molar-refractivity contribution in [2.24, 2.45) is 5.41 Å². The van der Waals surface area contributed by atoms with Crippen LogP contribution in [0.5, 0.6) is 0 Å². The normalized spacial score (nSPS) is 16.4. The molecule has 2 aliphatic rings. The van der Waals surface area contributed by atoms with Gasteiger partial charge in [0.2, 0.25) is 5.91 Å². The van der Waals surface area contributed by atoms with Gasteiger partial charge in [-0.25, -0.2) is 22.9 Å².